The van der Waals surface area contributed by atoms with Crippen LogP contribution in [0.5, 0.6) is 0 Å². The average molecular weight is 368 g/mol. The second-order valence-corrected chi connectivity index (χ2v) is 4.99. The maximum atomic E-state index is 5.61. The summed E-state index contributed by atoms with van der Waals surface area (Å²) in [6.45, 7) is 7.79. The van der Waals surface area contributed by atoms with E-state index in [9.17, 15) is 0 Å². The molecule has 150 valence electrons. The maximum absolute atomic E-state index is 5.61. The highest BCUT2D eigenvalue weighted by atomic mass is 16.8. The minimum absolute atomic E-state index is 0.393. The molecule has 0 bridgehead atoms. The number of ether oxygens (including phenoxy) is 6. The smallest absolute Gasteiger partial charge is 0.382 e. The van der Waals surface area contributed by atoms with Crippen molar-refractivity contribution < 1.29 is 42.4 Å². The molecule has 0 spiro atoms. The van der Waals surface area contributed by atoms with E-state index in [2.05, 4.69) is 0 Å². The maximum Gasteiger partial charge on any atom is 0.645 e. The first kappa shape index (κ1) is 24.7. The van der Waals surface area contributed by atoms with Crippen molar-refractivity contribution >= 4 is 7.32 Å². The summed E-state index contributed by atoms with van der Waals surface area (Å²) in [4.78, 5) is 0. The van der Waals surface area contributed by atoms with Crippen LogP contribution in [0, 0.1) is 0 Å². The van der Waals surface area contributed by atoms with Crippen LogP contribution in [-0.2, 0) is 42.4 Å². The fraction of sp³-hybridized carbons (Fsp3) is 1.00. The summed E-state index contributed by atoms with van der Waals surface area (Å²) < 4.78 is 47.9. The molecule has 0 amide bonds. The molecule has 9 nitrogen and oxygen atoms in total. The van der Waals surface area contributed by atoms with Gasteiger partial charge in [0.25, 0.3) is 0 Å². The molecule has 0 heterocycles. The molecular weight excluding hydrogens is 335 g/mol. The van der Waals surface area contributed by atoms with Gasteiger partial charge in [0, 0.05) is 21.3 Å². The number of methoxy groups -OCH3 is 3. The van der Waals surface area contributed by atoms with E-state index < -0.39 is 26.2 Å². The summed E-state index contributed by atoms with van der Waals surface area (Å²) in [5.74, 6) is 0. The van der Waals surface area contributed by atoms with Gasteiger partial charge < -0.3 is 42.4 Å². The Morgan fingerprint density at radius 3 is 1.04 bits per heavy atom. The van der Waals surface area contributed by atoms with E-state index in [1.54, 1.807) is 42.1 Å². The number of rotatable bonds is 18. The van der Waals surface area contributed by atoms with Crippen molar-refractivity contribution in [3.05, 3.63) is 0 Å². The topological polar surface area (TPSA) is 83.1 Å². The lowest BCUT2D eigenvalue weighted by Gasteiger charge is -2.24. The van der Waals surface area contributed by atoms with Crippen LogP contribution in [0.4, 0.5) is 0 Å². The molecule has 0 saturated carbocycles. The molecular formula is C15H33BO9. The van der Waals surface area contributed by atoms with Gasteiger partial charge in [-0.05, 0) is 20.8 Å². The Bertz CT molecular complexity index is 243. The molecule has 3 unspecified atom stereocenters. The van der Waals surface area contributed by atoms with Gasteiger partial charge in [-0.3, -0.25) is 0 Å². The van der Waals surface area contributed by atoms with Gasteiger partial charge in [-0.25, -0.2) is 0 Å². The zero-order valence-electron chi connectivity index (χ0n) is 16.2. The lowest BCUT2D eigenvalue weighted by molar-refractivity contribution is -0.170. The van der Waals surface area contributed by atoms with Crippen molar-refractivity contribution in [2.75, 3.05) is 61.0 Å². The summed E-state index contributed by atoms with van der Waals surface area (Å²) in [5.41, 5.74) is 0. The van der Waals surface area contributed by atoms with E-state index in [-0.39, 0.29) is 0 Å². The van der Waals surface area contributed by atoms with Crippen molar-refractivity contribution in [1.82, 2.24) is 0 Å². The predicted molar refractivity (Wildman–Crippen MR) is 90.9 cm³/mol. The summed E-state index contributed by atoms with van der Waals surface area (Å²) >= 11 is 0. The molecule has 0 aromatic rings. The van der Waals surface area contributed by atoms with Crippen molar-refractivity contribution in [1.29, 1.82) is 0 Å². The first-order valence-electron chi connectivity index (χ1n) is 8.31. The Morgan fingerprint density at radius 2 is 0.800 bits per heavy atom. The SMILES string of the molecule is COCCOC(C)OB(OC(C)OCCOC)OC(C)OCCOC. The highest BCUT2D eigenvalue weighted by Gasteiger charge is 2.30. The Kier molecular flexibility index (Phi) is 16.9. The molecule has 0 fully saturated rings. The lowest BCUT2D eigenvalue weighted by Crippen LogP contribution is -2.39. The molecule has 0 rings (SSSR count). The highest BCUT2D eigenvalue weighted by Crippen LogP contribution is 2.08. The summed E-state index contributed by atoms with van der Waals surface area (Å²) in [5, 5.41) is 0. The standard InChI is InChI=1S/C15H33BO9/c1-13(20-10-7-17-4)23-16(24-14(2)21-11-8-18-5)25-15(3)22-12-9-19-6/h13-15H,7-12H2,1-6H3. The third-order valence-electron chi connectivity index (χ3n) is 2.83. The molecule has 0 N–H and O–H groups in total. The van der Waals surface area contributed by atoms with Gasteiger partial charge in [0.05, 0.1) is 39.6 Å². The lowest BCUT2D eigenvalue weighted by atomic mass is 10.2. The van der Waals surface area contributed by atoms with Crippen molar-refractivity contribution in [3.8, 4) is 0 Å². The summed E-state index contributed by atoms with van der Waals surface area (Å²) in [6, 6.07) is 0. The molecule has 0 saturated heterocycles. The normalized spacial score (nSPS) is 15.1. The van der Waals surface area contributed by atoms with E-state index in [4.69, 9.17) is 42.4 Å². The van der Waals surface area contributed by atoms with E-state index in [1.165, 1.54) is 0 Å². The van der Waals surface area contributed by atoms with Crippen molar-refractivity contribution in [3.63, 3.8) is 0 Å². The van der Waals surface area contributed by atoms with Gasteiger partial charge in [0.15, 0.2) is 0 Å². The molecule has 0 aliphatic rings. The zero-order valence-corrected chi connectivity index (χ0v) is 16.2. The molecule has 0 aromatic carbocycles. The minimum atomic E-state index is -1.02. The zero-order chi connectivity index (χ0) is 18.9. The fourth-order valence-corrected chi connectivity index (χ4v) is 1.58. The second-order valence-electron chi connectivity index (χ2n) is 4.99. The number of hydrogen-bond donors (Lipinski definition) is 0. The van der Waals surface area contributed by atoms with Crippen LogP contribution in [0.2, 0.25) is 0 Å². The van der Waals surface area contributed by atoms with E-state index >= 15 is 0 Å². The van der Waals surface area contributed by atoms with Crippen molar-refractivity contribution in [2.45, 2.75) is 39.6 Å². The van der Waals surface area contributed by atoms with Gasteiger partial charge in [0.1, 0.15) is 18.9 Å². The van der Waals surface area contributed by atoms with E-state index in [1.807, 2.05) is 0 Å². The third-order valence-corrected chi connectivity index (χ3v) is 2.83. The van der Waals surface area contributed by atoms with Crippen LogP contribution in [0.15, 0.2) is 0 Å². The van der Waals surface area contributed by atoms with Crippen molar-refractivity contribution in [2.24, 2.45) is 0 Å². The van der Waals surface area contributed by atoms with Gasteiger partial charge >= 0.3 is 7.32 Å². The summed E-state index contributed by atoms with van der Waals surface area (Å²) in [6.07, 6.45) is -1.67. The largest absolute Gasteiger partial charge is 0.645 e. The molecule has 0 radical (unpaired) electrons. The molecule has 25 heavy (non-hydrogen) atoms. The van der Waals surface area contributed by atoms with Gasteiger partial charge in [-0.2, -0.15) is 0 Å². The van der Waals surface area contributed by atoms with Crippen LogP contribution in [0.1, 0.15) is 20.8 Å². The number of hydrogen-bond acceptors (Lipinski definition) is 9. The van der Waals surface area contributed by atoms with Crippen LogP contribution < -0.4 is 0 Å². The minimum Gasteiger partial charge on any atom is -0.382 e. The average Bonchev–Trinajstić information content (AvgIpc) is 2.55. The second kappa shape index (κ2) is 17.1. The molecule has 0 aliphatic carbocycles. The molecule has 3 atom stereocenters. The quantitative estimate of drug-likeness (QED) is 0.200. The van der Waals surface area contributed by atoms with E-state index in [0.717, 1.165) is 0 Å². The Balaban J connectivity index is 4.37. The van der Waals surface area contributed by atoms with Gasteiger partial charge in [-0.1, -0.05) is 0 Å². The monoisotopic (exact) mass is 368 g/mol. The Morgan fingerprint density at radius 1 is 0.520 bits per heavy atom. The molecule has 0 aromatic heterocycles. The van der Waals surface area contributed by atoms with Gasteiger partial charge in [0.2, 0.25) is 0 Å². The van der Waals surface area contributed by atoms with Crippen LogP contribution in [0.25, 0.3) is 0 Å². The highest BCUT2D eigenvalue weighted by molar-refractivity contribution is 6.36. The van der Waals surface area contributed by atoms with Crippen LogP contribution in [0.3, 0.4) is 0 Å². The Hall–Kier alpha value is -0.295. The third kappa shape index (κ3) is 15.7. The molecule has 0 aliphatic heterocycles. The predicted octanol–water partition coefficient (Wildman–Crippen LogP) is 1.05. The summed E-state index contributed by atoms with van der Waals surface area (Å²) in [7, 11) is 3.78. The molecule has 10 heteroatoms. The Labute approximate surface area is 151 Å². The van der Waals surface area contributed by atoms with Crippen LogP contribution in [-0.4, -0.2) is 87.2 Å². The fourth-order valence-electron chi connectivity index (χ4n) is 1.58. The first-order valence-corrected chi connectivity index (χ1v) is 8.31. The van der Waals surface area contributed by atoms with Crippen LogP contribution >= 0.6 is 0 Å². The van der Waals surface area contributed by atoms with Gasteiger partial charge in [-0.15, -0.1) is 0 Å². The van der Waals surface area contributed by atoms with E-state index in [0.29, 0.717) is 39.6 Å². The first-order chi connectivity index (χ1) is 12.0.